The van der Waals surface area contributed by atoms with E-state index < -0.39 is 34.4 Å². The first-order chi connectivity index (χ1) is 17.6. The first kappa shape index (κ1) is 27.6. The number of aryl methyl sites for hydroxylation is 1. The van der Waals surface area contributed by atoms with E-state index in [-0.39, 0.29) is 29.1 Å². The zero-order valence-electron chi connectivity index (χ0n) is 21.7. The molecule has 1 amide bonds. The fourth-order valence-corrected chi connectivity index (χ4v) is 4.79. The molecule has 11 nitrogen and oxygen atoms in total. The minimum absolute atomic E-state index is 0.127. The molecule has 1 fully saturated rings. The third-order valence-corrected chi connectivity index (χ3v) is 6.79. The quantitative estimate of drug-likeness (QED) is 0.123. The number of benzene rings is 1. The van der Waals surface area contributed by atoms with Gasteiger partial charge in [0.25, 0.3) is 17.4 Å². The van der Waals surface area contributed by atoms with Crippen LogP contribution < -0.4 is 0 Å². The maximum atomic E-state index is 13.3. The number of nitro groups is 1. The van der Waals surface area contributed by atoms with Gasteiger partial charge in [-0.2, -0.15) is 0 Å². The number of aliphatic hydroxyl groups is 1. The lowest BCUT2D eigenvalue weighted by Gasteiger charge is -2.26. The van der Waals surface area contributed by atoms with E-state index in [0.717, 1.165) is 13.1 Å². The molecule has 0 aliphatic carbocycles. The topological polar surface area (TPSA) is 146 Å². The average molecular weight is 513 g/mol. The molecule has 1 aromatic heterocycles. The summed E-state index contributed by atoms with van der Waals surface area (Å²) in [5, 5.41) is 22.6. The number of ether oxygens (including phenoxy) is 1. The van der Waals surface area contributed by atoms with Crippen molar-refractivity contribution >= 4 is 29.1 Å². The van der Waals surface area contributed by atoms with Crippen molar-refractivity contribution in [2.45, 2.75) is 40.2 Å². The van der Waals surface area contributed by atoms with Crippen molar-refractivity contribution in [1.29, 1.82) is 0 Å². The number of Topliss-reactive ketones (excluding diaryl/α,β-unsaturated/α-hetero) is 1. The lowest BCUT2D eigenvalue weighted by molar-refractivity contribution is -0.384. The van der Waals surface area contributed by atoms with Crippen LogP contribution in [0.1, 0.15) is 59.2 Å². The van der Waals surface area contributed by atoms with E-state index in [0.29, 0.717) is 29.8 Å². The van der Waals surface area contributed by atoms with Crippen molar-refractivity contribution in [2.75, 3.05) is 33.3 Å². The number of carbonyl (C=O) groups excluding carboxylic acids is 3. The Kier molecular flexibility index (Phi) is 8.49. The zero-order valence-corrected chi connectivity index (χ0v) is 21.7. The molecule has 198 valence electrons. The highest BCUT2D eigenvalue weighted by Crippen LogP contribution is 2.41. The summed E-state index contributed by atoms with van der Waals surface area (Å²) in [6.07, 6.45) is 0.590. The smallest absolute Gasteiger partial charge is 0.354 e. The fraction of sp³-hybridized carbons (Fsp3) is 0.423. The summed E-state index contributed by atoms with van der Waals surface area (Å²) in [5.74, 6) is -2.68. The molecule has 0 unspecified atom stereocenters. The first-order valence-electron chi connectivity index (χ1n) is 12.1. The maximum Gasteiger partial charge on any atom is 0.354 e. The summed E-state index contributed by atoms with van der Waals surface area (Å²) >= 11 is 0. The lowest BCUT2D eigenvalue weighted by Crippen LogP contribution is -2.33. The highest BCUT2D eigenvalue weighted by atomic mass is 16.6. The van der Waals surface area contributed by atoms with Crippen molar-refractivity contribution in [3.05, 3.63) is 68.0 Å². The zero-order chi connectivity index (χ0) is 27.4. The molecule has 3 rings (SSSR count). The molecule has 2 heterocycles. The van der Waals surface area contributed by atoms with E-state index in [1.54, 1.807) is 13.8 Å². The number of non-ortho nitro benzene ring substituents is 1. The number of esters is 1. The van der Waals surface area contributed by atoms with E-state index in [1.165, 1.54) is 36.3 Å². The second kappa shape index (κ2) is 11.4. The fourth-order valence-electron chi connectivity index (χ4n) is 4.79. The number of nitrogens with zero attached hydrogens (tertiary/aromatic N) is 3. The van der Waals surface area contributed by atoms with Crippen LogP contribution in [0.15, 0.2) is 29.8 Å². The Balaban J connectivity index is 2.14. The largest absolute Gasteiger partial charge is 0.507 e. The second-order valence-corrected chi connectivity index (χ2v) is 8.84. The van der Waals surface area contributed by atoms with Gasteiger partial charge in [-0.25, -0.2) is 4.79 Å². The Bertz CT molecular complexity index is 1240. The number of ketones is 1. The molecule has 0 spiro atoms. The number of aromatic nitrogens is 1. The van der Waals surface area contributed by atoms with Crippen LogP contribution in [0.5, 0.6) is 0 Å². The number of amides is 1. The summed E-state index contributed by atoms with van der Waals surface area (Å²) in [4.78, 5) is 55.7. The highest BCUT2D eigenvalue weighted by molar-refractivity contribution is 6.46. The number of H-pyrrole nitrogens is 1. The van der Waals surface area contributed by atoms with Gasteiger partial charge in [-0.05, 0) is 63.2 Å². The number of aliphatic hydroxyl groups excluding tert-OH is 1. The minimum atomic E-state index is -0.951. The predicted octanol–water partition coefficient (Wildman–Crippen LogP) is 3.48. The number of nitrogens with one attached hydrogen (secondary N) is 1. The summed E-state index contributed by atoms with van der Waals surface area (Å²) in [6.45, 7) is 9.96. The summed E-state index contributed by atoms with van der Waals surface area (Å²) in [7, 11) is 1.23. The standard InChI is InChI=1S/C26H32N4O7/c1-6-28(7-2)13-8-14-29-22(17-9-11-18(12-10-17)30(35)36)20(24(32)25(29)33)23(31)19-15(3)21(26(34)37-5)27-16(19)4/h9-12,22,27,31H,6-8,13-14H2,1-5H3/b23-20+/t22-/m1/s1. The molecule has 1 saturated heterocycles. The Morgan fingerprint density at radius 3 is 2.35 bits per heavy atom. The average Bonchev–Trinajstić information content (AvgIpc) is 3.32. The van der Waals surface area contributed by atoms with Gasteiger partial charge in [-0.15, -0.1) is 0 Å². The lowest BCUT2D eigenvalue weighted by atomic mass is 9.94. The van der Waals surface area contributed by atoms with E-state index in [1.807, 2.05) is 13.8 Å². The van der Waals surface area contributed by atoms with Crippen molar-refractivity contribution in [3.63, 3.8) is 0 Å². The number of rotatable bonds is 10. The van der Waals surface area contributed by atoms with Crippen LogP contribution in [-0.2, 0) is 14.3 Å². The molecule has 11 heteroatoms. The Morgan fingerprint density at radius 1 is 1.19 bits per heavy atom. The summed E-state index contributed by atoms with van der Waals surface area (Å²) in [5.41, 5.74) is 1.33. The van der Waals surface area contributed by atoms with Crippen molar-refractivity contribution in [3.8, 4) is 0 Å². The Morgan fingerprint density at radius 2 is 1.81 bits per heavy atom. The highest BCUT2D eigenvalue weighted by Gasteiger charge is 2.46. The van der Waals surface area contributed by atoms with Crippen molar-refractivity contribution in [1.82, 2.24) is 14.8 Å². The van der Waals surface area contributed by atoms with Gasteiger partial charge in [-0.3, -0.25) is 19.7 Å². The Hall–Kier alpha value is -3.99. The second-order valence-electron chi connectivity index (χ2n) is 8.84. The number of likely N-dealkylation sites (tertiary alicyclic amines) is 1. The van der Waals surface area contributed by atoms with Gasteiger partial charge in [-0.1, -0.05) is 13.8 Å². The van der Waals surface area contributed by atoms with Gasteiger partial charge in [0.2, 0.25) is 0 Å². The third kappa shape index (κ3) is 5.26. The number of carbonyl (C=O) groups is 3. The minimum Gasteiger partial charge on any atom is -0.507 e. The van der Waals surface area contributed by atoms with Crippen LogP contribution in [0.3, 0.4) is 0 Å². The van der Waals surface area contributed by atoms with Crippen molar-refractivity contribution in [2.24, 2.45) is 0 Å². The van der Waals surface area contributed by atoms with Crippen LogP contribution in [-0.4, -0.2) is 75.8 Å². The third-order valence-electron chi connectivity index (χ3n) is 6.79. The van der Waals surface area contributed by atoms with E-state index in [9.17, 15) is 29.6 Å². The Labute approximate surface area is 214 Å². The molecule has 2 N–H and O–H groups in total. The molecule has 0 saturated carbocycles. The summed E-state index contributed by atoms with van der Waals surface area (Å²) < 4.78 is 4.79. The number of hydrogen-bond donors (Lipinski definition) is 2. The van der Waals surface area contributed by atoms with E-state index >= 15 is 0 Å². The van der Waals surface area contributed by atoms with Gasteiger partial charge in [0.15, 0.2) is 0 Å². The molecule has 0 radical (unpaired) electrons. The number of nitro benzene ring substituents is 1. The van der Waals surface area contributed by atoms with Crippen LogP contribution in [0.25, 0.3) is 5.76 Å². The van der Waals surface area contributed by atoms with Crippen LogP contribution >= 0.6 is 0 Å². The molecule has 1 aliphatic rings. The molecule has 37 heavy (non-hydrogen) atoms. The monoisotopic (exact) mass is 512 g/mol. The van der Waals surface area contributed by atoms with Crippen LogP contribution in [0.2, 0.25) is 0 Å². The summed E-state index contributed by atoms with van der Waals surface area (Å²) in [6, 6.07) is 4.61. The van der Waals surface area contributed by atoms with Gasteiger partial charge in [0.1, 0.15) is 11.5 Å². The molecule has 2 aromatic rings. The van der Waals surface area contributed by atoms with E-state index in [2.05, 4.69) is 9.88 Å². The molecular weight excluding hydrogens is 480 g/mol. The van der Waals surface area contributed by atoms with Gasteiger partial charge < -0.3 is 24.6 Å². The SMILES string of the molecule is CCN(CC)CCCN1C(=O)C(=O)/C(=C(/O)c2c(C)[nH]c(C(=O)OC)c2C)[C@H]1c1ccc([N+](=O)[O-])cc1. The van der Waals surface area contributed by atoms with Gasteiger partial charge in [0.05, 0.1) is 23.6 Å². The van der Waals surface area contributed by atoms with Crippen molar-refractivity contribution < 1.29 is 29.2 Å². The maximum absolute atomic E-state index is 13.3. The molecule has 0 bridgehead atoms. The molecule has 1 aromatic carbocycles. The van der Waals surface area contributed by atoms with Gasteiger partial charge >= 0.3 is 5.97 Å². The number of methoxy groups -OCH3 is 1. The molecule has 1 aliphatic heterocycles. The molecule has 1 atom stereocenters. The number of hydrogen-bond acceptors (Lipinski definition) is 8. The van der Waals surface area contributed by atoms with Crippen LogP contribution in [0, 0.1) is 24.0 Å². The normalized spacial score (nSPS) is 17.0. The van der Waals surface area contributed by atoms with Crippen LogP contribution in [0.4, 0.5) is 5.69 Å². The van der Waals surface area contributed by atoms with E-state index in [4.69, 9.17) is 4.74 Å². The predicted molar refractivity (Wildman–Crippen MR) is 136 cm³/mol. The first-order valence-corrected chi connectivity index (χ1v) is 12.1. The molecular formula is C26H32N4O7. The van der Waals surface area contributed by atoms with Gasteiger partial charge in [0, 0.05) is 29.9 Å². The number of aromatic amines is 1.